The average Bonchev–Trinajstić information content (AvgIpc) is 3.24. The maximum absolute atomic E-state index is 12.1. The molecule has 3 aromatic rings. The van der Waals surface area contributed by atoms with Gasteiger partial charge in [0.25, 0.3) is 0 Å². The summed E-state index contributed by atoms with van der Waals surface area (Å²) in [5.74, 6) is 2.09. The summed E-state index contributed by atoms with van der Waals surface area (Å²) in [6.45, 7) is 4.13. The molecule has 1 fully saturated rings. The van der Waals surface area contributed by atoms with Gasteiger partial charge in [0.05, 0.1) is 50.2 Å². The Kier molecular flexibility index (Phi) is 5.01. The predicted octanol–water partition coefficient (Wildman–Crippen LogP) is 1.59. The Morgan fingerprint density at radius 3 is 2.97 bits per heavy atom. The summed E-state index contributed by atoms with van der Waals surface area (Å²) in [6, 6.07) is 5.90. The number of hydrogen-bond acceptors (Lipinski definition) is 6. The molecule has 4 heterocycles. The van der Waals surface area contributed by atoms with Gasteiger partial charge in [-0.3, -0.25) is 4.79 Å². The van der Waals surface area contributed by atoms with E-state index in [2.05, 4.69) is 9.55 Å². The van der Waals surface area contributed by atoms with Crippen molar-refractivity contribution in [2.75, 3.05) is 26.9 Å². The van der Waals surface area contributed by atoms with Gasteiger partial charge in [-0.25, -0.2) is 14.6 Å². The number of morpholine rings is 1. The molecule has 9 nitrogen and oxygen atoms in total. The highest BCUT2D eigenvalue weighted by molar-refractivity contribution is 5.85. The molecular weight excluding hydrogens is 396 g/mol. The fraction of sp³-hybridized carbons (Fsp3) is 0.368. The smallest absolute Gasteiger partial charge is 0.249 e. The Labute approximate surface area is 173 Å². The van der Waals surface area contributed by atoms with Crippen LogP contribution in [0.3, 0.4) is 0 Å². The van der Waals surface area contributed by atoms with Crippen LogP contribution in [0.15, 0.2) is 24.5 Å². The highest BCUT2D eigenvalue weighted by Crippen LogP contribution is 2.34. The molecule has 1 saturated heterocycles. The Morgan fingerprint density at radius 2 is 2.17 bits per heavy atom. The maximum Gasteiger partial charge on any atom is 0.249 e. The molecule has 5 rings (SSSR count). The van der Waals surface area contributed by atoms with Gasteiger partial charge in [-0.05, 0) is 25.1 Å². The fourth-order valence-corrected chi connectivity index (χ4v) is 3.69. The maximum atomic E-state index is 12.1. The third-order valence-electron chi connectivity index (χ3n) is 5.21. The molecule has 0 spiro atoms. The Morgan fingerprint density at radius 1 is 1.31 bits per heavy atom. The van der Waals surface area contributed by atoms with Crippen molar-refractivity contribution in [3.63, 3.8) is 0 Å². The number of halogens is 1. The Bertz CT molecular complexity index is 1080. The molecule has 10 heteroatoms. The first-order chi connectivity index (χ1) is 13.6. The zero-order valence-corrected chi connectivity index (χ0v) is 17.0. The number of benzene rings is 1. The van der Waals surface area contributed by atoms with E-state index in [1.165, 1.54) is 0 Å². The lowest BCUT2D eigenvalue weighted by atomic mass is 10.1. The molecule has 0 atom stereocenters. The minimum absolute atomic E-state index is 0. The average molecular weight is 417 g/mol. The standard InChI is InChI=1S/C19H20N6O3.ClH/c1-12-16-8-25-19(21-17(22-25)9-23-5-6-28-10-18(23)26)14-7-13(27-2)3-4-15(14)24(16)11-20-12;/h3-4,7,11H,5-6,8-10H2,1-2H3;1H. The number of carbonyl (C=O) groups is 1. The van der Waals surface area contributed by atoms with E-state index in [4.69, 9.17) is 19.6 Å². The van der Waals surface area contributed by atoms with Crippen molar-refractivity contribution in [1.82, 2.24) is 29.2 Å². The number of amides is 1. The van der Waals surface area contributed by atoms with Gasteiger partial charge in [-0.1, -0.05) is 0 Å². The summed E-state index contributed by atoms with van der Waals surface area (Å²) in [6.07, 6.45) is 1.83. The molecule has 1 aromatic carbocycles. The highest BCUT2D eigenvalue weighted by Gasteiger charge is 2.26. The molecule has 29 heavy (non-hydrogen) atoms. The lowest BCUT2D eigenvalue weighted by Crippen LogP contribution is -2.41. The van der Waals surface area contributed by atoms with Crippen molar-refractivity contribution >= 4 is 18.3 Å². The van der Waals surface area contributed by atoms with Crippen molar-refractivity contribution in [1.29, 1.82) is 0 Å². The van der Waals surface area contributed by atoms with E-state index in [0.717, 1.165) is 34.2 Å². The van der Waals surface area contributed by atoms with Crippen LogP contribution in [0.2, 0.25) is 0 Å². The van der Waals surface area contributed by atoms with Crippen LogP contribution in [0.1, 0.15) is 17.2 Å². The monoisotopic (exact) mass is 416 g/mol. The minimum Gasteiger partial charge on any atom is -0.497 e. The van der Waals surface area contributed by atoms with Gasteiger partial charge in [0.2, 0.25) is 5.91 Å². The molecule has 0 bridgehead atoms. The summed E-state index contributed by atoms with van der Waals surface area (Å²) < 4.78 is 14.6. The summed E-state index contributed by atoms with van der Waals surface area (Å²) in [5, 5.41) is 4.70. The van der Waals surface area contributed by atoms with Crippen LogP contribution in [0.4, 0.5) is 0 Å². The number of aryl methyl sites for hydroxylation is 1. The lowest BCUT2D eigenvalue weighted by Gasteiger charge is -2.25. The van der Waals surface area contributed by atoms with Crippen LogP contribution in [-0.2, 0) is 22.6 Å². The first-order valence-electron chi connectivity index (χ1n) is 9.15. The molecular formula is C19H21ClN6O3. The molecule has 2 aliphatic rings. The molecule has 0 aliphatic carbocycles. The van der Waals surface area contributed by atoms with Crippen molar-refractivity contribution in [3.05, 3.63) is 41.7 Å². The van der Waals surface area contributed by atoms with Crippen molar-refractivity contribution in [2.45, 2.75) is 20.0 Å². The van der Waals surface area contributed by atoms with Gasteiger partial charge in [0.15, 0.2) is 11.6 Å². The number of ether oxygens (including phenoxy) is 2. The normalized spacial score (nSPS) is 15.1. The highest BCUT2D eigenvalue weighted by atomic mass is 35.5. The van der Waals surface area contributed by atoms with Gasteiger partial charge in [-0.15, -0.1) is 12.4 Å². The molecule has 2 aliphatic heterocycles. The number of fused-ring (bicyclic) bond motifs is 5. The van der Waals surface area contributed by atoms with E-state index < -0.39 is 0 Å². The van der Waals surface area contributed by atoms with Crippen molar-refractivity contribution in [3.8, 4) is 22.8 Å². The Balaban J connectivity index is 0.00000205. The van der Waals surface area contributed by atoms with Gasteiger partial charge in [-0.2, -0.15) is 5.10 Å². The third-order valence-corrected chi connectivity index (χ3v) is 5.21. The van der Waals surface area contributed by atoms with Crippen LogP contribution in [-0.4, -0.2) is 62.0 Å². The zero-order valence-electron chi connectivity index (χ0n) is 16.2. The lowest BCUT2D eigenvalue weighted by molar-refractivity contribution is -0.143. The number of carbonyl (C=O) groups excluding carboxylic acids is 1. The van der Waals surface area contributed by atoms with Crippen LogP contribution in [0, 0.1) is 6.92 Å². The number of imidazole rings is 1. The predicted molar refractivity (Wildman–Crippen MR) is 106 cm³/mol. The summed E-state index contributed by atoms with van der Waals surface area (Å²) in [5.41, 5.74) is 3.91. The van der Waals surface area contributed by atoms with E-state index in [9.17, 15) is 4.79 Å². The van der Waals surface area contributed by atoms with E-state index >= 15 is 0 Å². The van der Waals surface area contributed by atoms with Gasteiger partial charge in [0.1, 0.15) is 12.4 Å². The van der Waals surface area contributed by atoms with Crippen molar-refractivity contribution < 1.29 is 14.3 Å². The third kappa shape index (κ3) is 3.26. The summed E-state index contributed by atoms with van der Waals surface area (Å²) in [4.78, 5) is 23.0. The fourth-order valence-electron chi connectivity index (χ4n) is 3.69. The molecule has 0 unspecified atom stereocenters. The largest absolute Gasteiger partial charge is 0.497 e. The minimum atomic E-state index is -0.0350. The molecule has 1 amide bonds. The number of methoxy groups -OCH3 is 1. The summed E-state index contributed by atoms with van der Waals surface area (Å²) >= 11 is 0. The first-order valence-corrected chi connectivity index (χ1v) is 9.15. The molecule has 0 radical (unpaired) electrons. The van der Waals surface area contributed by atoms with Gasteiger partial charge in [0, 0.05) is 12.1 Å². The van der Waals surface area contributed by atoms with Gasteiger partial charge < -0.3 is 18.9 Å². The van der Waals surface area contributed by atoms with Crippen LogP contribution >= 0.6 is 12.4 Å². The second-order valence-electron chi connectivity index (χ2n) is 6.91. The number of rotatable bonds is 3. The molecule has 0 N–H and O–H groups in total. The van der Waals surface area contributed by atoms with E-state index in [1.54, 1.807) is 12.0 Å². The van der Waals surface area contributed by atoms with E-state index in [-0.39, 0.29) is 24.9 Å². The molecule has 0 saturated carbocycles. The topological polar surface area (TPSA) is 87.3 Å². The molecule has 2 aromatic heterocycles. The first kappa shape index (κ1) is 19.4. The van der Waals surface area contributed by atoms with Crippen molar-refractivity contribution in [2.24, 2.45) is 0 Å². The number of aromatic nitrogens is 5. The SMILES string of the molecule is COc1ccc2c(c1)-c1nc(CN3CCOCC3=O)nn1Cc1c(C)ncn1-2.Cl. The van der Waals surface area contributed by atoms with Crippen LogP contribution in [0.25, 0.3) is 17.1 Å². The second-order valence-corrected chi connectivity index (χ2v) is 6.91. The quantitative estimate of drug-likeness (QED) is 0.504. The van der Waals surface area contributed by atoms with E-state index in [0.29, 0.717) is 32.1 Å². The summed E-state index contributed by atoms with van der Waals surface area (Å²) in [7, 11) is 1.64. The van der Waals surface area contributed by atoms with E-state index in [1.807, 2.05) is 36.1 Å². The second kappa shape index (κ2) is 7.49. The number of nitrogens with zero attached hydrogens (tertiary/aromatic N) is 6. The van der Waals surface area contributed by atoms with Crippen LogP contribution in [0.5, 0.6) is 5.75 Å². The van der Waals surface area contributed by atoms with Crippen LogP contribution < -0.4 is 4.74 Å². The number of hydrogen-bond donors (Lipinski definition) is 0. The molecule has 152 valence electrons. The Hall–Kier alpha value is -2.91. The van der Waals surface area contributed by atoms with Gasteiger partial charge >= 0.3 is 0 Å². The zero-order chi connectivity index (χ0) is 19.3.